The predicted molar refractivity (Wildman–Crippen MR) is 90.9 cm³/mol. The molecular formula is C16H15N3O5S. The van der Waals surface area contributed by atoms with Crippen LogP contribution in [0.25, 0.3) is 0 Å². The van der Waals surface area contributed by atoms with Gasteiger partial charge in [0.2, 0.25) is 0 Å². The summed E-state index contributed by atoms with van der Waals surface area (Å²) in [5, 5.41) is 2.59. The van der Waals surface area contributed by atoms with Crippen molar-refractivity contribution >= 4 is 33.2 Å². The largest absolute Gasteiger partial charge is 0.479 e. The van der Waals surface area contributed by atoms with Crippen LogP contribution in [0.1, 0.15) is 17.3 Å². The molecule has 2 aromatic carbocycles. The van der Waals surface area contributed by atoms with E-state index < -0.39 is 22.0 Å². The van der Waals surface area contributed by atoms with Gasteiger partial charge < -0.3 is 15.8 Å². The molecule has 1 heterocycles. The lowest BCUT2D eigenvalue weighted by Crippen LogP contribution is -2.34. The first-order chi connectivity index (χ1) is 11.8. The average Bonchev–Trinajstić information content (AvgIpc) is 2.55. The Morgan fingerprint density at radius 2 is 1.96 bits per heavy atom. The lowest BCUT2D eigenvalue weighted by Gasteiger charge is -2.23. The second-order valence-electron chi connectivity index (χ2n) is 5.42. The van der Waals surface area contributed by atoms with E-state index in [-0.39, 0.29) is 27.7 Å². The second-order valence-corrected chi connectivity index (χ2v) is 7.11. The minimum Gasteiger partial charge on any atom is -0.479 e. The van der Waals surface area contributed by atoms with Crippen LogP contribution in [-0.4, -0.2) is 26.3 Å². The van der Waals surface area contributed by atoms with Crippen molar-refractivity contribution in [2.75, 3.05) is 10.0 Å². The topological polar surface area (TPSA) is 128 Å². The number of fused-ring (bicyclic) bond motifs is 1. The van der Waals surface area contributed by atoms with Crippen molar-refractivity contribution in [2.45, 2.75) is 17.9 Å². The smallest absolute Gasteiger partial charge is 0.265 e. The number of hydrogen-bond acceptors (Lipinski definition) is 5. The Morgan fingerprint density at radius 1 is 1.24 bits per heavy atom. The van der Waals surface area contributed by atoms with Crippen LogP contribution in [0.4, 0.5) is 11.4 Å². The van der Waals surface area contributed by atoms with Crippen LogP contribution in [0.3, 0.4) is 0 Å². The number of nitrogens with one attached hydrogen (secondary N) is 2. The third kappa shape index (κ3) is 3.26. The van der Waals surface area contributed by atoms with Gasteiger partial charge in [-0.05, 0) is 37.3 Å². The minimum atomic E-state index is -4.00. The first kappa shape index (κ1) is 16.8. The molecule has 2 amide bonds. The second kappa shape index (κ2) is 6.10. The van der Waals surface area contributed by atoms with Crippen LogP contribution >= 0.6 is 0 Å². The van der Waals surface area contributed by atoms with Gasteiger partial charge in [-0.3, -0.25) is 14.3 Å². The number of carbonyl (C=O) groups excluding carboxylic acids is 2. The summed E-state index contributed by atoms with van der Waals surface area (Å²) in [5.41, 5.74) is 5.63. The number of benzene rings is 2. The predicted octanol–water partition coefficient (Wildman–Crippen LogP) is 1.31. The highest BCUT2D eigenvalue weighted by atomic mass is 32.2. The van der Waals surface area contributed by atoms with Gasteiger partial charge in [0, 0.05) is 0 Å². The van der Waals surface area contributed by atoms with Crippen molar-refractivity contribution in [3.8, 4) is 5.75 Å². The summed E-state index contributed by atoms with van der Waals surface area (Å²) in [6, 6.07) is 10.1. The molecular weight excluding hydrogens is 346 g/mol. The van der Waals surface area contributed by atoms with Crippen LogP contribution in [0.5, 0.6) is 5.75 Å². The van der Waals surface area contributed by atoms with Gasteiger partial charge >= 0.3 is 0 Å². The van der Waals surface area contributed by atoms with Gasteiger partial charge in [0.25, 0.3) is 21.8 Å². The van der Waals surface area contributed by atoms with Gasteiger partial charge in [-0.2, -0.15) is 0 Å². The van der Waals surface area contributed by atoms with Gasteiger partial charge in [-0.1, -0.05) is 12.1 Å². The third-order valence-corrected chi connectivity index (χ3v) is 4.99. The number of carbonyl (C=O) groups is 2. The van der Waals surface area contributed by atoms with Gasteiger partial charge in [0.1, 0.15) is 5.75 Å². The van der Waals surface area contributed by atoms with E-state index in [2.05, 4.69) is 10.0 Å². The number of rotatable bonds is 4. The molecule has 25 heavy (non-hydrogen) atoms. The minimum absolute atomic E-state index is 0.0505. The summed E-state index contributed by atoms with van der Waals surface area (Å²) in [5.74, 6) is -0.740. The molecule has 0 bridgehead atoms. The molecule has 0 saturated carbocycles. The standard InChI is InChI=1S/C16H15N3O5S/c1-9-16(21)18-13-8-10(6-7-14(13)24-9)25(22,23)19-12-5-3-2-4-11(12)15(17)20/h2-9,19H,1H3,(H2,17,20)(H,18,21)/t9-/m0/s1. The highest BCUT2D eigenvalue weighted by Gasteiger charge is 2.26. The van der Waals surface area contributed by atoms with E-state index in [4.69, 9.17) is 10.5 Å². The van der Waals surface area contributed by atoms with Gasteiger partial charge in [0.05, 0.1) is 21.8 Å². The van der Waals surface area contributed by atoms with Crippen LogP contribution in [0, 0.1) is 0 Å². The summed E-state index contributed by atoms with van der Waals surface area (Å²) < 4.78 is 32.9. The van der Waals surface area contributed by atoms with E-state index in [1.54, 1.807) is 19.1 Å². The van der Waals surface area contributed by atoms with Crippen molar-refractivity contribution in [1.29, 1.82) is 0 Å². The molecule has 0 aliphatic carbocycles. The third-order valence-electron chi connectivity index (χ3n) is 3.63. The normalized spacial score (nSPS) is 16.4. The van der Waals surface area contributed by atoms with Crippen molar-refractivity contribution in [1.82, 2.24) is 0 Å². The molecule has 3 rings (SSSR count). The van der Waals surface area contributed by atoms with E-state index >= 15 is 0 Å². The fourth-order valence-corrected chi connectivity index (χ4v) is 3.45. The maximum absolute atomic E-state index is 12.6. The van der Waals surface area contributed by atoms with Crippen LogP contribution in [0.15, 0.2) is 47.4 Å². The Balaban J connectivity index is 1.95. The highest BCUT2D eigenvalue weighted by Crippen LogP contribution is 2.32. The summed E-state index contributed by atoms with van der Waals surface area (Å²) in [7, 11) is -4.00. The number of amides is 2. The number of ether oxygens (including phenoxy) is 1. The molecule has 0 aromatic heterocycles. The number of sulfonamides is 1. The number of anilines is 2. The van der Waals surface area contributed by atoms with Crippen molar-refractivity contribution in [3.05, 3.63) is 48.0 Å². The monoisotopic (exact) mass is 361 g/mol. The SMILES string of the molecule is C[C@@H]1Oc2ccc(S(=O)(=O)Nc3ccccc3C(N)=O)cc2NC1=O. The van der Waals surface area contributed by atoms with E-state index in [0.717, 1.165) is 0 Å². The maximum atomic E-state index is 12.6. The number of para-hydroxylation sites is 1. The average molecular weight is 361 g/mol. The Kier molecular flexibility index (Phi) is 4.09. The maximum Gasteiger partial charge on any atom is 0.265 e. The molecule has 1 aliphatic heterocycles. The first-order valence-corrected chi connectivity index (χ1v) is 8.79. The van der Waals surface area contributed by atoms with Crippen LogP contribution in [0.2, 0.25) is 0 Å². The molecule has 2 aromatic rings. The van der Waals surface area contributed by atoms with E-state index in [1.165, 1.54) is 30.3 Å². The first-order valence-electron chi connectivity index (χ1n) is 7.31. The van der Waals surface area contributed by atoms with Gasteiger partial charge in [0.15, 0.2) is 6.10 Å². The molecule has 9 heteroatoms. The fourth-order valence-electron chi connectivity index (χ4n) is 2.35. The summed E-state index contributed by atoms with van der Waals surface area (Å²) >= 11 is 0. The lowest BCUT2D eigenvalue weighted by molar-refractivity contribution is -0.122. The Labute approximate surface area is 144 Å². The molecule has 0 fully saturated rings. The Morgan fingerprint density at radius 3 is 2.68 bits per heavy atom. The van der Waals surface area contributed by atoms with E-state index in [9.17, 15) is 18.0 Å². The quantitative estimate of drug-likeness (QED) is 0.756. The number of primary amides is 1. The fraction of sp³-hybridized carbons (Fsp3) is 0.125. The summed E-state index contributed by atoms with van der Waals surface area (Å²) in [6.07, 6.45) is -0.657. The number of nitrogens with two attached hydrogens (primary N) is 1. The Bertz CT molecular complexity index is 971. The highest BCUT2D eigenvalue weighted by molar-refractivity contribution is 7.92. The number of hydrogen-bond donors (Lipinski definition) is 3. The van der Waals surface area contributed by atoms with Gasteiger partial charge in [-0.25, -0.2) is 8.42 Å². The van der Waals surface area contributed by atoms with Crippen LogP contribution in [-0.2, 0) is 14.8 Å². The molecule has 0 radical (unpaired) electrons. The molecule has 8 nitrogen and oxygen atoms in total. The van der Waals surface area contributed by atoms with Crippen LogP contribution < -0.4 is 20.5 Å². The lowest BCUT2D eigenvalue weighted by atomic mass is 10.2. The van der Waals surface area contributed by atoms with Gasteiger partial charge in [-0.15, -0.1) is 0 Å². The molecule has 0 saturated heterocycles. The zero-order valence-electron chi connectivity index (χ0n) is 13.1. The molecule has 1 atom stereocenters. The van der Waals surface area contributed by atoms with E-state index in [0.29, 0.717) is 5.75 Å². The molecule has 0 unspecified atom stereocenters. The molecule has 0 spiro atoms. The van der Waals surface area contributed by atoms with Crippen molar-refractivity contribution in [3.63, 3.8) is 0 Å². The Hall–Kier alpha value is -3.07. The summed E-state index contributed by atoms with van der Waals surface area (Å²) in [6.45, 7) is 1.59. The van der Waals surface area contributed by atoms with Crippen molar-refractivity contribution < 1.29 is 22.7 Å². The zero-order valence-corrected chi connectivity index (χ0v) is 14.0. The molecule has 1 aliphatic rings. The van der Waals surface area contributed by atoms with E-state index in [1.807, 2.05) is 0 Å². The molecule has 4 N–H and O–H groups in total. The zero-order chi connectivity index (χ0) is 18.2. The van der Waals surface area contributed by atoms with Crippen molar-refractivity contribution in [2.24, 2.45) is 5.73 Å². The summed E-state index contributed by atoms with van der Waals surface area (Å²) in [4.78, 5) is 23.0. The molecule has 130 valence electrons.